The molecule has 0 spiro atoms. The number of hydrogen-bond donors (Lipinski definition) is 0. The minimum absolute atomic E-state index is 1.15. The second-order valence-corrected chi connectivity index (χ2v) is 18.5. The molecule has 3 heteroatoms. The lowest BCUT2D eigenvalue weighted by Gasteiger charge is -2.11. The maximum Gasteiger partial charge on any atom is 0.0620 e. The molecule has 15 aromatic rings. The average Bonchev–Trinajstić information content (AvgIpc) is 4.15. The van der Waals surface area contributed by atoms with Crippen LogP contribution in [0.1, 0.15) is 0 Å². The summed E-state index contributed by atoms with van der Waals surface area (Å²) < 4.78 is 7.25. The van der Waals surface area contributed by atoms with Crippen molar-refractivity contribution in [1.29, 1.82) is 0 Å². The fraction of sp³-hybridized carbons (Fsp3) is 0. The molecule has 0 aliphatic heterocycles. The Kier molecular flexibility index (Phi) is 8.07. The van der Waals surface area contributed by atoms with E-state index in [0.717, 1.165) is 11.4 Å². The van der Waals surface area contributed by atoms with Crippen molar-refractivity contribution in [2.24, 2.45) is 0 Å². The van der Waals surface area contributed by atoms with E-state index < -0.39 is 0 Å². The Morgan fingerprint density at radius 3 is 0.957 bits per heavy atom. The lowest BCUT2D eigenvalue weighted by molar-refractivity contribution is 1.18. The molecule has 0 fully saturated rings. The zero-order valence-corrected chi connectivity index (χ0v) is 37.5. The molecule has 0 unspecified atom stereocenters. The smallest absolute Gasteiger partial charge is 0.0620 e. The Morgan fingerprint density at radius 2 is 0.493 bits per heavy atom. The highest BCUT2D eigenvalue weighted by molar-refractivity contribution is 6.24. The van der Waals surface area contributed by atoms with Gasteiger partial charge in [0, 0.05) is 54.5 Å². The Hall–Kier alpha value is -9.18. The van der Waals surface area contributed by atoms with Crippen LogP contribution >= 0.6 is 0 Å². The number of rotatable bonds is 6. The standard InChI is InChI=1S/C66H41N3/c1-2-12-42(13-3-1)43-26-32-50(33-27-43)67-60-18-8-4-14-52(60)56-38-47(30-36-64(56)67)44-22-24-45(25-23-44)48-31-37-65-57(39-48)53-15-5-9-19-61(53)68(65)51-34-28-46(29-35-51)49-40-58-54-16-6-10-20-62(54)69-63-21-11-7-17-55(63)59(41-49)66(58)69/h1-41H. The molecule has 0 radical (unpaired) electrons. The van der Waals surface area contributed by atoms with Gasteiger partial charge in [0.1, 0.15) is 0 Å². The third kappa shape index (κ3) is 5.68. The van der Waals surface area contributed by atoms with Crippen molar-refractivity contribution in [3.8, 4) is 55.9 Å². The zero-order valence-electron chi connectivity index (χ0n) is 37.5. The number of fused-ring (bicyclic) bond motifs is 12. The first-order valence-corrected chi connectivity index (χ1v) is 23.8. The van der Waals surface area contributed by atoms with Gasteiger partial charge in [0.2, 0.25) is 0 Å². The van der Waals surface area contributed by atoms with Crippen LogP contribution in [-0.4, -0.2) is 13.5 Å². The van der Waals surface area contributed by atoms with Gasteiger partial charge >= 0.3 is 0 Å². The topological polar surface area (TPSA) is 14.3 Å². The summed E-state index contributed by atoms with van der Waals surface area (Å²) in [5.74, 6) is 0. The number of para-hydroxylation sites is 4. The van der Waals surface area contributed by atoms with Gasteiger partial charge in [0.05, 0.1) is 38.6 Å². The highest BCUT2D eigenvalue weighted by Gasteiger charge is 2.20. The first kappa shape index (κ1) is 38.0. The number of hydrogen-bond acceptors (Lipinski definition) is 0. The van der Waals surface area contributed by atoms with Crippen LogP contribution in [0.4, 0.5) is 0 Å². The lowest BCUT2D eigenvalue weighted by Crippen LogP contribution is -1.94. The van der Waals surface area contributed by atoms with E-state index in [1.54, 1.807) is 0 Å². The van der Waals surface area contributed by atoms with Gasteiger partial charge in [-0.25, -0.2) is 0 Å². The summed E-state index contributed by atoms with van der Waals surface area (Å²) in [6.07, 6.45) is 0. The van der Waals surface area contributed by atoms with Gasteiger partial charge < -0.3 is 13.5 Å². The van der Waals surface area contributed by atoms with Crippen molar-refractivity contribution >= 4 is 81.7 Å². The Morgan fingerprint density at radius 1 is 0.188 bits per heavy atom. The van der Waals surface area contributed by atoms with Crippen molar-refractivity contribution in [2.45, 2.75) is 0 Å². The molecule has 0 amide bonds. The quantitative estimate of drug-likeness (QED) is 0.158. The van der Waals surface area contributed by atoms with Crippen LogP contribution in [0.2, 0.25) is 0 Å². The molecule has 4 heterocycles. The van der Waals surface area contributed by atoms with E-state index in [1.807, 2.05) is 0 Å². The van der Waals surface area contributed by atoms with Gasteiger partial charge in [0.15, 0.2) is 0 Å². The summed E-state index contributed by atoms with van der Waals surface area (Å²) in [5, 5.41) is 10.2. The average molecular weight is 876 g/mol. The van der Waals surface area contributed by atoms with E-state index in [0.29, 0.717) is 0 Å². The molecule has 3 nitrogen and oxygen atoms in total. The summed E-state index contributed by atoms with van der Waals surface area (Å²) in [7, 11) is 0. The van der Waals surface area contributed by atoms with Crippen LogP contribution in [0.5, 0.6) is 0 Å². The van der Waals surface area contributed by atoms with Gasteiger partial charge in [-0.05, 0) is 129 Å². The summed E-state index contributed by atoms with van der Waals surface area (Å²) in [6.45, 7) is 0. The van der Waals surface area contributed by atoms with Crippen molar-refractivity contribution in [3.63, 3.8) is 0 Å². The van der Waals surface area contributed by atoms with E-state index in [4.69, 9.17) is 0 Å². The second-order valence-electron chi connectivity index (χ2n) is 18.5. The van der Waals surface area contributed by atoms with E-state index >= 15 is 0 Å². The first-order valence-electron chi connectivity index (χ1n) is 23.8. The lowest BCUT2D eigenvalue weighted by atomic mass is 9.98. The molecule has 69 heavy (non-hydrogen) atoms. The number of aromatic nitrogens is 3. The van der Waals surface area contributed by atoms with Crippen molar-refractivity contribution < 1.29 is 0 Å². The molecule has 0 aliphatic rings. The van der Waals surface area contributed by atoms with Gasteiger partial charge in [-0.1, -0.05) is 164 Å². The number of nitrogens with zero attached hydrogens (tertiary/aromatic N) is 3. The SMILES string of the molecule is c1ccc(-c2ccc(-n3c4ccccc4c4cc(-c5ccc(-c6ccc7c(c6)c6ccccc6n7-c6ccc(-c7cc8c9ccccc9n9c%10ccccc%10c(c7)c89)cc6)cc5)ccc43)cc2)cc1. The molecule has 0 saturated carbocycles. The minimum atomic E-state index is 1.15. The molecule has 0 atom stereocenters. The third-order valence-corrected chi connectivity index (χ3v) is 14.8. The first-order chi connectivity index (χ1) is 34.2. The molecule has 0 bridgehead atoms. The van der Waals surface area contributed by atoms with Crippen LogP contribution < -0.4 is 0 Å². The van der Waals surface area contributed by atoms with Crippen LogP contribution in [0.15, 0.2) is 249 Å². The molecule has 0 N–H and O–H groups in total. The van der Waals surface area contributed by atoms with Crippen LogP contribution in [0, 0.1) is 0 Å². The van der Waals surface area contributed by atoms with Gasteiger partial charge in [-0.15, -0.1) is 0 Å². The van der Waals surface area contributed by atoms with E-state index in [-0.39, 0.29) is 0 Å². The summed E-state index contributed by atoms with van der Waals surface area (Å²) in [6, 6.07) is 91.6. The molecular formula is C66H41N3. The predicted molar refractivity (Wildman–Crippen MR) is 292 cm³/mol. The molecule has 0 aliphatic carbocycles. The van der Waals surface area contributed by atoms with Crippen molar-refractivity contribution in [3.05, 3.63) is 249 Å². The van der Waals surface area contributed by atoms with E-state index in [2.05, 4.69) is 262 Å². The number of benzene rings is 11. The zero-order chi connectivity index (χ0) is 45.2. The minimum Gasteiger partial charge on any atom is -0.309 e. The Balaban J connectivity index is 0.764. The summed E-state index contributed by atoms with van der Waals surface area (Å²) >= 11 is 0. The normalized spacial score (nSPS) is 12.1. The maximum atomic E-state index is 2.44. The Bertz CT molecular complexity index is 4410. The third-order valence-electron chi connectivity index (χ3n) is 14.8. The highest BCUT2D eigenvalue weighted by atomic mass is 15.0. The molecule has 11 aromatic carbocycles. The monoisotopic (exact) mass is 875 g/mol. The largest absolute Gasteiger partial charge is 0.309 e. The molecule has 320 valence electrons. The van der Waals surface area contributed by atoms with E-state index in [1.165, 1.54) is 126 Å². The van der Waals surface area contributed by atoms with Crippen LogP contribution in [-0.2, 0) is 0 Å². The summed E-state index contributed by atoms with van der Waals surface area (Å²) in [5.41, 5.74) is 20.6. The van der Waals surface area contributed by atoms with Gasteiger partial charge in [-0.2, -0.15) is 0 Å². The molecule has 4 aromatic heterocycles. The Labute approximate surface area is 397 Å². The second kappa shape index (κ2) is 14.7. The van der Waals surface area contributed by atoms with Crippen LogP contribution in [0.3, 0.4) is 0 Å². The van der Waals surface area contributed by atoms with Crippen molar-refractivity contribution in [2.75, 3.05) is 0 Å². The predicted octanol–water partition coefficient (Wildman–Crippen LogP) is 17.7. The van der Waals surface area contributed by atoms with E-state index in [9.17, 15) is 0 Å². The highest BCUT2D eigenvalue weighted by Crippen LogP contribution is 2.43. The van der Waals surface area contributed by atoms with Gasteiger partial charge in [-0.3, -0.25) is 0 Å². The van der Waals surface area contributed by atoms with Crippen LogP contribution in [0.25, 0.3) is 138 Å². The fourth-order valence-corrected chi connectivity index (χ4v) is 11.6. The molecule has 0 saturated heterocycles. The maximum absolute atomic E-state index is 2.44. The fourth-order valence-electron chi connectivity index (χ4n) is 11.6. The molecule has 15 rings (SSSR count). The molecular weight excluding hydrogens is 835 g/mol. The summed E-state index contributed by atoms with van der Waals surface area (Å²) in [4.78, 5) is 0. The van der Waals surface area contributed by atoms with Gasteiger partial charge in [0.25, 0.3) is 0 Å². The van der Waals surface area contributed by atoms with Crippen molar-refractivity contribution in [1.82, 2.24) is 13.5 Å².